The second-order valence-electron chi connectivity index (χ2n) is 8.62. The fourth-order valence-electron chi connectivity index (χ4n) is 4.19. The summed E-state index contributed by atoms with van der Waals surface area (Å²) in [6.07, 6.45) is 3.49. The number of benzene rings is 4. The van der Waals surface area contributed by atoms with Gasteiger partial charge in [0.25, 0.3) is 21.6 Å². The molecule has 0 atom stereocenters. The molecule has 0 heterocycles. The average Bonchev–Trinajstić information content (AvgIpc) is 2.96. The van der Waals surface area contributed by atoms with Crippen molar-refractivity contribution in [1.29, 1.82) is 0 Å². The van der Waals surface area contributed by atoms with E-state index in [-0.39, 0.29) is 10.6 Å². The zero-order valence-electron chi connectivity index (χ0n) is 21.2. The quantitative estimate of drug-likeness (QED) is 0.114. The van der Waals surface area contributed by atoms with Crippen LogP contribution in [0.15, 0.2) is 120 Å². The SMILES string of the molecule is CC/C(=C(\c1ccccc1)c1ccc(/C=C/C(=O)NS(=O)(=O)c2ccc([N+](=O)[O-])cc2)cc1)c1ccccc1. The van der Waals surface area contributed by atoms with Crippen LogP contribution in [0.1, 0.15) is 35.6 Å². The molecule has 1 N–H and O–H groups in total. The number of hydrogen-bond donors (Lipinski definition) is 1. The molecule has 0 bridgehead atoms. The van der Waals surface area contributed by atoms with E-state index in [1.54, 1.807) is 0 Å². The summed E-state index contributed by atoms with van der Waals surface area (Å²) in [5.74, 6) is -0.834. The highest BCUT2D eigenvalue weighted by atomic mass is 32.2. The Morgan fingerprint density at radius 3 is 1.87 bits per heavy atom. The Kier molecular flexibility index (Phi) is 8.48. The molecule has 0 fully saturated rings. The minimum atomic E-state index is -4.17. The van der Waals surface area contributed by atoms with Gasteiger partial charge in [0.15, 0.2) is 0 Å². The van der Waals surface area contributed by atoms with Crippen molar-refractivity contribution in [2.45, 2.75) is 18.2 Å². The molecule has 1 amide bonds. The number of sulfonamides is 1. The fraction of sp³-hybridized carbons (Fsp3) is 0.0645. The van der Waals surface area contributed by atoms with Gasteiger partial charge in [-0.15, -0.1) is 0 Å². The van der Waals surface area contributed by atoms with Crippen molar-refractivity contribution in [3.8, 4) is 0 Å². The van der Waals surface area contributed by atoms with Crippen LogP contribution < -0.4 is 4.72 Å². The van der Waals surface area contributed by atoms with Gasteiger partial charge in [0.1, 0.15) is 0 Å². The van der Waals surface area contributed by atoms with Gasteiger partial charge in [0.2, 0.25) is 0 Å². The van der Waals surface area contributed by atoms with Crippen LogP contribution in [0, 0.1) is 10.1 Å². The topological polar surface area (TPSA) is 106 Å². The van der Waals surface area contributed by atoms with Crippen LogP contribution in [0.3, 0.4) is 0 Å². The number of hydrogen-bond acceptors (Lipinski definition) is 5. The van der Waals surface area contributed by atoms with E-state index >= 15 is 0 Å². The van der Waals surface area contributed by atoms with Crippen molar-refractivity contribution >= 4 is 38.8 Å². The van der Waals surface area contributed by atoms with Crippen molar-refractivity contribution in [2.24, 2.45) is 0 Å². The highest BCUT2D eigenvalue weighted by molar-refractivity contribution is 7.90. The van der Waals surface area contributed by atoms with Gasteiger partial charge in [-0.3, -0.25) is 14.9 Å². The number of nitro benzene ring substituents is 1. The van der Waals surface area contributed by atoms with E-state index in [9.17, 15) is 23.3 Å². The van der Waals surface area contributed by atoms with Gasteiger partial charge < -0.3 is 0 Å². The Morgan fingerprint density at radius 1 is 0.795 bits per heavy atom. The van der Waals surface area contributed by atoms with Crippen LogP contribution in [0.4, 0.5) is 5.69 Å². The Balaban J connectivity index is 1.56. The van der Waals surface area contributed by atoms with Gasteiger partial charge in [0, 0.05) is 18.2 Å². The van der Waals surface area contributed by atoms with Crippen molar-refractivity contribution in [3.05, 3.63) is 148 Å². The number of allylic oxidation sites excluding steroid dienone is 1. The van der Waals surface area contributed by atoms with Crippen LogP contribution in [0.2, 0.25) is 0 Å². The molecule has 0 saturated carbocycles. The largest absolute Gasteiger partial charge is 0.269 e. The number of rotatable bonds is 9. The van der Waals surface area contributed by atoms with E-state index < -0.39 is 20.9 Å². The van der Waals surface area contributed by atoms with E-state index in [0.717, 1.165) is 59.0 Å². The maximum absolute atomic E-state index is 12.5. The highest BCUT2D eigenvalue weighted by Gasteiger charge is 2.18. The average molecular weight is 539 g/mol. The van der Waals surface area contributed by atoms with Gasteiger partial charge in [0.05, 0.1) is 9.82 Å². The minimum Gasteiger partial charge on any atom is -0.269 e. The molecule has 0 aliphatic heterocycles. The molecule has 0 aliphatic carbocycles. The van der Waals surface area contributed by atoms with Crippen molar-refractivity contribution in [3.63, 3.8) is 0 Å². The molecule has 0 saturated heterocycles. The molecule has 4 rings (SSSR count). The van der Waals surface area contributed by atoms with Gasteiger partial charge in [-0.2, -0.15) is 0 Å². The monoisotopic (exact) mass is 538 g/mol. The number of carbonyl (C=O) groups excluding carboxylic acids is 1. The van der Waals surface area contributed by atoms with E-state index in [2.05, 4.69) is 31.2 Å². The molecule has 7 nitrogen and oxygen atoms in total. The predicted octanol–water partition coefficient (Wildman–Crippen LogP) is 6.48. The third-order valence-electron chi connectivity index (χ3n) is 6.06. The fourth-order valence-corrected chi connectivity index (χ4v) is 5.13. The lowest BCUT2D eigenvalue weighted by atomic mass is 9.88. The van der Waals surface area contributed by atoms with Gasteiger partial charge in [-0.25, -0.2) is 13.1 Å². The summed E-state index contributed by atoms with van der Waals surface area (Å²) in [6.45, 7) is 2.13. The molecule has 0 spiro atoms. The second kappa shape index (κ2) is 12.1. The first kappa shape index (κ1) is 27.2. The number of non-ortho nitro benzene ring substituents is 1. The van der Waals surface area contributed by atoms with Crippen LogP contribution in [0.5, 0.6) is 0 Å². The summed E-state index contributed by atoms with van der Waals surface area (Å²) in [5, 5.41) is 10.8. The Hall–Kier alpha value is -4.82. The summed E-state index contributed by atoms with van der Waals surface area (Å²) in [7, 11) is -4.17. The van der Waals surface area contributed by atoms with Gasteiger partial charge in [-0.05, 0) is 58.0 Å². The van der Waals surface area contributed by atoms with Crippen LogP contribution in [-0.2, 0) is 14.8 Å². The minimum absolute atomic E-state index is 0.246. The van der Waals surface area contributed by atoms with E-state index in [4.69, 9.17) is 0 Å². The van der Waals surface area contributed by atoms with E-state index in [1.807, 2.05) is 65.4 Å². The molecule has 4 aromatic rings. The third kappa shape index (κ3) is 6.74. The maximum atomic E-state index is 12.5. The molecule has 39 heavy (non-hydrogen) atoms. The summed E-state index contributed by atoms with van der Waals surface area (Å²) in [5.41, 5.74) is 6.05. The highest BCUT2D eigenvalue weighted by Crippen LogP contribution is 2.34. The van der Waals surface area contributed by atoms with E-state index in [1.165, 1.54) is 11.6 Å². The van der Waals surface area contributed by atoms with Gasteiger partial charge >= 0.3 is 0 Å². The third-order valence-corrected chi connectivity index (χ3v) is 7.42. The number of nitrogens with one attached hydrogen (secondary N) is 1. The van der Waals surface area contributed by atoms with Gasteiger partial charge in [-0.1, -0.05) is 91.9 Å². The molecule has 0 aliphatic rings. The predicted molar refractivity (Wildman–Crippen MR) is 153 cm³/mol. The first-order valence-electron chi connectivity index (χ1n) is 12.2. The molecule has 0 radical (unpaired) electrons. The molecule has 4 aromatic carbocycles. The zero-order valence-corrected chi connectivity index (χ0v) is 22.0. The summed E-state index contributed by atoms with van der Waals surface area (Å²) < 4.78 is 26.9. The molecular formula is C31H26N2O5S. The molecule has 196 valence electrons. The van der Waals surface area contributed by atoms with Crippen LogP contribution >= 0.6 is 0 Å². The standard InChI is InChI=1S/C31H26N2O5S/c1-2-29(24-9-5-3-6-10-24)31(25-11-7-4-8-12-25)26-16-13-23(14-17-26)15-22-30(34)32-39(37,38)28-20-18-27(19-21-28)33(35)36/h3-22H,2H2,1H3,(H,32,34)/b22-15+,31-29-. The molecule has 8 heteroatoms. The number of nitro groups is 1. The lowest BCUT2D eigenvalue weighted by molar-refractivity contribution is -0.384. The van der Waals surface area contributed by atoms with E-state index in [0.29, 0.717) is 5.56 Å². The number of carbonyl (C=O) groups is 1. The van der Waals surface area contributed by atoms with Crippen molar-refractivity contribution < 1.29 is 18.1 Å². The van der Waals surface area contributed by atoms with Crippen molar-refractivity contribution in [2.75, 3.05) is 0 Å². The maximum Gasteiger partial charge on any atom is 0.269 e. The summed E-state index contributed by atoms with van der Waals surface area (Å²) in [6, 6.07) is 32.4. The molecule has 0 unspecified atom stereocenters. The second-order valence-corrected chi connectivity index (χ2v) is 10.3. The first-order valence-corrected chi connectivity index (χ1v) is 13.7. The first-order chi connectivity index (χ1) is 18.8. The Morgan fingerprint density at radius 2 is 1.33 bits per heavy atom. The lowest BCUT2D eigenvalue weighted by Gasteiger charge is -2.16. The summed E-state index contributed by atoms with van der Waals surface area (Å²) >= 11 is 0. The smallest absolute Gasteiger partial charge is 0.269 e. The Labute approximate surface area is 227 Å². The molecular weight excluding hydrogens is 512 g/mol. The number of amides is 1. The molecule has 0 aromatic heterocycles. The van der Waals surface area contributed by atoms with Crippen molar-refractivity contribution in [1.82, 2.24) is 4.72 Å². The zero-order chi connectivity index (χ0) is 27.8. The van der Waals surface area contributed by atoms with Crippen LogP contribution in [0.25, 0.3) is 17.2 Å². The summed E-state index contributed by atoms with van der Waals surface area (Å²) in [4.78, 5) is 22.2. The Bertz CT molecular complexity index is 1630. The lowest BCUT2D eigenvalue weighted by Crippen LogP contribution is -2.28. The number of nitrogens with zero attached hydrogens (tertiary/aromatic N) is 1. The van der Waals surface area contributed by atoms with Crippen LogP contribution in [-0.4, -0.2) is 19.2 Å². The normalized spacial score (nSPS) is 12.1.